The predicted molar refractivity (Wildman–Crippen MR) is 67.6 cm³/mol. The molecule has 0 aromatic carbocycles. The number of epoxide rings is 1. The summed E-state index contributed by atoms with van der Waals surface area (Å²) in [5, 5.41) is 10.6. The van der Waals surface area contributed by atoms with Crippen LogP contribution in [0.5, 0.6) is 0 Å². The molecule has 2 aliphatic heterocycles. The molecule has 19 heavy (non-hydrogen) atoms. The quantitative estimate of drug-likeness (QED) is 0.668. The monoisotopic (exact) mass is 264 g/mol. The minimum Gasteiger partial charge on any atom is -0.392 e. The maximum atomic E-state index is 12.2. The zero-order chi connectivity index (χ0) is 13.6. The van der Waals surface area contributed by atoms with E-state index in [0.29, 0.717) is 19.4 Å². The van der Waals surface area contributed by atoms with Crippen LogP contribution >= 0.6 is 0 Å². The van der Waals surface area contributed by atoms with Gasteiger partial charge < -0.3 is 14.6 Å². The molecular weight excluding hydrogens is 244 g/mol. The second-order valence-corrected chi connectivity index (χ2v) is 7.04. The van der Waals surface area contributed by atoms with Crippen LogP contribution in [0, 0.1) is 10.8 Å². The fraction of sp³-hybridized carbons (Fsp3) is 0.800. The van der Waals surface area contributed by atoms with Gasteiger partial charge in [0.05, 0.1) is 24.9 Å². The van der Waals surface area contributed by atoms with Crippen molar-refractivity contribution in [3.63, 3.8) is 0 Å². The highest BCUT2D eigenvalue weighted by Crippen LogP contribution is 2.70. The first-order valence-electron chi connectivity index (χ1n) is 7.04. The molecule has 104 valence electrons. The second kappa shape index (κ2) is 3.13. The minimum atomic E-state index is -0.463. The molecule has 2 saturated heterocycles. The first-order valence-corrected chi connectivity index (χ1v) is 7.04. The summed E-state index contributed by atoms with van der Waals surface area (Å²) in [6, 6.07) is 0. The van der Waals surface area contributed by atoms with Crippen molar-refractivity contribution >= 4 is 5.78 Å². The standard InChI is InChI=1S/C15H20O4/c1-8-4-11-13(2,6-9(8)16)14(3)10(17)5-12(19-11)15(14)7-18-15/h4,10-12,17H,5-7H2,1-3H3/t10-,11-,12-,13+,14-,15?/m1/s1. The average molecular weight is 264 g/mol. The van der Waals surface area contributed by atoms with Crippen molar-refractivity contribution in [1.82, 2.24) is 0 Å². The molecule has 1 saturated carbocycles. The third-order valence-electron chi connectivity index (χ3n) is 6.45. The Morgan fingerprint density at radius 1 is 1.42 bits per heavy atom. The van der Waals surface area contributed by atoms with Crippen molar-refractivity contribution in [2.24, 2.45) is 10.8 Å². The van der Waals surface area contributed by atoms with Crippen LogP contribution < -0.4 is 0 Å². The second-order valence-electron chi connectivity index (χ2n) is 7.04. The number of aliphatic hydroxyl groups excluding tert-OH is 1. The fourth-order valence-electron chi connectivity index (χ4n) is 4.76. The summed E-state index contributed by atoms with van der Waals surface area (Å²) in [5.74, 6) is 0.164. The number of hydrogen-bond acceptors (Lipinski definition) is 4. The maximum absolute atomic E-state index is 12.2. The number of ether oxygens (including phenoxy) is 2. The molecule has 4 heteroatoms. The van der Waals surface area contributed by atoms with Crippen LogP contribution in [0.25, 0.3) is 0 Å². The van der Waals surface area contributed by atoms with E-state index < -0.39 is 11.5 Å². The molecule has 2 heterocycles. The predicted octanol–water partition coefficient (Wildman–Crippen LogP) is 1.22. The van der Waals surface area contributed by atoms with Crippen molar-refractivity contribution in [3.05, 3.63) is 11.6 Å². The van der Waals surface area contributed by atoms with Gasteiger partial charge in [-0.3, -0.25) is 4.79 Å². The lowest BCUT2D eigenvalue weighted by Crippen LogP contribution is -2.64. The summed E-state index contributed by atoms with van der Waals surface area (Å²) in [4.78, 5) is 12.2. The highest BCUT2D eigenvalue weighted by Gasteiger charge is 2.80. The summed E-state index contributed by atoms with van der Waals surface area (Å²) in [7, 11) is 0. The van der Waals surface area contributed by atoms with E-state index in [1.54, 1.807) is 0 Å². The Morgan fingerprint density at radius 2 is 2.11 bits per heavy atom. The van der Waals surface area contributed by atoms with Crippen LogP contribution in [0.1, 0.15) is 33.6 Å². The van der Waals surface area contributed by atoms with Gasteiger partial charge in [-0.25, -0.2) is 0 Å². The van der Waals surface area contributed by atoms with Gasteiger partial charge in [-0.1, -0.05) is 13.8 Å². The van der Waals surface area contributed by atoms with Crippen molar-refractivity contribution in [2.45, 2.75) is 57.5 Å². The first kappa shape index (κ1) is 12.1. The Bertz CT molecular complexity index is 506. The normalized spacial score (nSPS) is 59.1. The van der Waals surface area contributed by atoms with E-state index in [1.165, 1.54) is 0 Å². The number of fused-ring (bicyclic) bond motifs is 2. The Labute approximate surface area is 112 Å². The van der Waals surface area contributed by atoms with Crippen LogP contribution in [-0.2, 0) is 14.3 Å². The average Bonchev–Trinajstić information content (AvgIpc) is 3.10. The van der Waals surface area contributed by atoms with Gasteiger partial charge in [0.2, 0.25) is 0 Å². The van der Waals surface area contributed by atoms with Crippen molar-refractivity contribution < 1.29 is 19.4 Å². The minimum absolute atomic E-state index is 0.0390. The smallest absolute Gasteiger partial charge is 0.159 e. The van der Waals surface area contributed by atoms with E-state index in [0.717, 1.165) is 5.57 Å². The number of carbonyl (C=O) groups is 1. The number of ketones is 1. The molecule has 4 nitrogen and oxygen atoms in total. The van der Waals surface area contributed by atoms with Crippen LogP contribution in [0.4, 0.5) is 0 Å². The Kier molecular flexibility index (Phi) is 1.99. The van der Waals surface area contributed by atoms with E-state index in [9.17, 15) is 9.90 Å². The van der Waals surface area contributed by atoms with Crippen molar-refractivity contribution in [3.8, 4) is 0 Å². The molecule has 1 spiro atoms. The van der Waals surface area contributed by atoms with Crippen LogP contribution in [0.2, 0.25) is 0 Å². The summed E-state index contributed by atoms with van der Waals surface area (Å²) >= 11 is 0. The van der Waals surface area contributed by atoms with Crippen LogP contribution in [0.3, 0.4) is 0 Å². The fourth-order valence-corrected chi connectivity index (χ4v) is 4.76. The van der Waals surface area contributed by atoms with Gasteiger partial charge in [0, 0.05) is 23.7 Å². The van der Waals surface area contributed by atoms with Crippen LogP contribution in [-0.4, -0.2) is 41.4 Å². The van der Waals surface area contributed by atoms with E-state index in [2.05, 4.69) is 13.8 Å². The zero-order valence-corrected chi connectivity index (χ0v) is 11.6. The zero-order valence-electron chi connectivity index (χ0n) is 11.6. The topological polar surface area (TPSA) is 59.1 Å². The van der Waals surface area contributed by atoms with Crippen molar-refractivity contribution in [1.29, 1.82) is 0 Å². The van der Waals surface area contributed by atoms with E-state index in [-0.39, 0.29) is 29.0 Å². The lowest BCUT2D eigenvalue weighted by Gasteiger charge is -2.56. The first-order chi connectivity index (χ1) is 8.85. The number of Topliss-reactive ketones (excluding diaryl/α,β-unsaturated/α-hetero) is 1. The molecule has 0 aromatic rings. The Morgan fingerprint density at radius 3 is 2.74 bits per heavy atom. The third kappa shape index (κ3) is 1.08. The molecule has 6 atom stereocenters. The van der Waals surface area contributed by atoms with E-state index >= 15 is 0 Å². The molecule has 4 rings (SSSR count). The lowest BCUT2D eigenvalue weighted by molar-refractivity contribution is -0.204. The molecular formula is C15H20O4. The number of carbonyl (C=O) groups excluding carboxylic acids is 1. The molecule has 2 bridgehead atoms. The van der Waals surface area contributed by atoms with Gasteiger partial charge in [0.1, 0.15) is 5.60 Å². The number of aliphatic hydroxyl groups is 1. The van der Waals surface area contributed by atoms with Gasteiger partial charge in [-0.2, -0.15) is 0 Å². The van der Waals surface area contributed by atoms with Gasteiger partial charge in [0.25, 0.3) is 0 Å². The van der Waals surface area contributed by atoms with Gasteiger partial charge in [-0.05, 0) is 18.6 Å². The highest BCUT2D eigenvalue weighted by atomic mass is 16.6. The molecule has 4 aliphatic rings. The molecule has 3 fully saturated rings. The lowest BCUT2D eigenvalue weighted by atomic mass is 9.52. The van der Waals surface area contributed by atoms with Crippen LogP contribution in [0.15, 0.2) is 11.6 Å². The summed E-state index contributed by atoms with van der Waals surface area (Å²) in [6.45, 7) is 6.66. The Balaban J connectivity index is 1.90. The molecule has 1 unspecified atom stereocenters. The van der Waals surface area contributed by atoms with E-state index in [4.69, 9.17) is 9.47 Å². The molecule has 2 aliphatic carbocycles. The van der Waals surface area contributed by atoms with Crippen molar-refractivity contribution in [2.75, 3.05) is 6.61 Å². The maximum Gasteiger partial charge on any atom is 0.159 e. The molecule has 0 aromatic heterocycles. The largest absolute Gasteiger partial charge is 0.392 e. The van der Waals surface area contributed by atoms with Gasteiger partial charge in [0.15, 0.2) is 5.78 Å². The summed E-state index contributed by atoms with van der Waals surface area (Å²) in [6.07, 6.45) is 2.41. The van der Waals surface area contributed by atoms with Gasteiger partial charge >= 0.3 is 0 Å². The molecule has 0 amide bonds. The number of allylic oxidation sites excluding steroid dienone is 1. The number of rotatable bonds is 0. The van der Waals surface area contributed by atoms with E-state index in [1.807, 2.05) is 13.0 Å². The summed E-state index contributed by atoms with van der Waals surface area (Å²) < 4.78 is 12.0. The Hall–Kier alpha value is -0.710. The summed E-state index contributed by atoms with van der Waals surface area (Å²) in [5.41, 5.74) is -0.364. The SMILES string of the molecule is CC1=C[C@H]2O[C@@H]3C[C@@H](O)[C@@](C)(C34CO4)[C@@]2(C)CC1=O. The molecule has 0 radical (unpaired) electrons. The number of hydrogen-bond donors (Lipinski definition) is 1. The van der Waals surface area contributed by atoms with Gasteiger partial charge in [-0.15, -0.1) is 0 Å². The molecule has 1 N–H and O–H groups in total. The third-order valence-corrected chi connectivity index (χ3v) is 6.45. The highest BCUT2D eigenvalue weighted by molar-refractivity contribution is 5.96.